The molecule has 0 radical (unpaired) electrons. The van der Waals surface area contributed by atoms with E-state index in [2.05, 4.69) is 9.97 Å². The van der Waals surface area contributed by atoms with Crippen LogP contribution in [0.25, 0.3) is 0 Å². The molecule has 1 saturated heterocycles. The maximum Gasteiger partial charge on any atom is 0.228 e. The molecule has 5 heteroatoms. The number of aromatic nitrogens is 2. The topological polar surface area (TPSA) is 55.3 Å². The molecule has 1 unspecified atom stereocenters. The van der Waals surface area contributed by atoms with Gasteiger partial charge in [0.15, 0.2) is 0 Å². The minimum Gasteiger partial charge on any atom is -0.381 e. The van der Waals surface area contributed by atoms with E-state index in [1.54, 1.807) is 6.33 Å². The predicted octanol–water partition coefficient (Wildman–Crippen LogP) is 1.32. The van der Waals surface area contributed by atoms with Crippen LogP contribution in [0.1, 0.15) is 42.1 Å². The van der Waals surface area contributed by atoms with Crippen molar-refractivity contribution in [1.82, 2.24) is 14.9 Å². The molecular formula is C16H21N3O2. The maximum absolute atomic E-state index is 12.5. The summed E-state index contributed by atoms with van der Waals surface area (Å²) in [5.74, 6) is 0.980. The van der Waals surface area contributed by atoms with Crippen LogP contribution >= 0.6 is 0 Å². The summed E-state index contributed by atoms with van der Waals surface area (Å²) in [7, 11) is 0. The third kappa shape index (κ3) is 2.55. The minimum absolute atomic E-state index is 0.0696. The first-order valence-corrected chi connectivity index (χ1v) is 8.02. The molecule has 112 valence electrons. The Bertz CT molecular complexity index is 550. The van der Waals surface area contributed by atoms with E-state index in [0.717, 1.165) is 44.7 Å². The average molecular weight is 287 g/mol. The molecule has 5 nitrogen and oxygen atoms in total. The lowest BCUT2D eigenvalue weighted by atomic mass is 10.0. The summed E-state index contributed by atoms with van der Waals surface area (Å²) in [6, 6.07) is 0. The highest BCUT2D eigenvalue weighted by Crippen LogP contribution is 2.41. The van der Waals surface area contributed by atoms with E-state index < -0.39 is 0 Å². The van der Waals surface area contributed by atoms with Gasteiger partial charge in [0.05, 0.1) is 18.2 Å². The third-order valence-electron chi connectivity index (χ3n) is 4.87. The fraction of sp³-hybridized carbons (Fsp3) is 0.688. The SMILES string of the molecule is O=C(C1CCOC1)N1CCc2ncnc(C3CC3)c2CC1. The van der Waals surface area contributed by atoms with Crippen molar-refractivity contribution in [3.8, 4) is 0 Å². The predicted molar refractivity (Wildman–Crippen MR) is 76.9 cm³/mol. The molecule has 3 aliphatic rings. The molecule has 0 N–H and O–H groups in total. The van der Waals surface area contributed by atoms with Crippen LogP contribution < -0.4 is 0 Å². The van der Waals surface area contributed by atoms with Crippen molar-refractivity contribution in [1.29, 1.82) is 0 Å². The van der Waals surface area contributed by atoms with E-state index in [1.165, 1.54) is 24.1 Å². The van der Waals surface area contributed by atoms with Gasteiger partial charge in [0.1, 0.15) is 6.33 Å². The largest absolute Gasteiger partial charge is 0.381 e. The number of hydrogen-bond acceptors (Lipinski definition) is 4. The summed E-state index contributed by atoms with van der Waals surface area (Å²) >= 11 is 0. The summed E-state index contributed by atoms with van der Waals surface area (Å²) in [6.45, 7) is 2.90. The van der Waals surface area contributed by atoms with Crippen LogP contribution in [0.3, 0.4) is 0 Å². The molecule has 0 bridgehead atoms. The van der Waals surface area contributed by atoms with Gasteiger partial charge in [0.2, 0.25) is 5.91 Å². The van der Waals surface area contributed by atoms with Crippen LogP contribution in [-0.2, 0) is 22.4 Å². The molecule has 0 aromatic carbocycles. The molecule has 4 rings (SSSR count). The average Bonchev–Trinajstić information content (AvgIpc) is 3.25. The van der Waals surface area contributed by atoms with E-state index in [0.29, 0.717) is 12.5 Å². The second-order valence-corrected chi connectivity index (χ2v) is 6.34. The normalized spacial score (nSPS) is 25.5. The van der Waals surface area contributed by atoms with Crippen LogP contribution in [-0.4, -0.2) is 47.1 Å². The summed E-state index contributed by atoms with van der Waals surface area (Å²) in [5.41, 5.74) is 3.72. The fourth-order valence-electron chi connectivity index (χ4n) is 3.47. The number of carbonyl (C=O) groups is 1. The highest BCUT2D eigenvalue weighted by Gasteiger charge is 2.32. The van der Waals surface area contributed by atoms with Crippen molar-refractivity contribution < 1.29 is 9.53 Å². The van der Waals surface area contributed by atoms with E-state index in [-0.39, 0.29) is 11.8 Å². The summed E-state index contributed by atoms with van der Waals surface area (Å²) in [6.07, 6.45) is 6.85. The van der Waals surface area contributed by atoms with Gasteiger partial charge in [-0.1, -0.05) is 0 Å². The van der Waals surface area contributed by atoms with Gasteiger partial charge in [-0.15, -0.1) is 0 Å². The molecule has 2 aliphatic heterocycles. The molecule has 0 spiro atoms. The smallest absolute Gasteiger partial charge is 0.228 e. The lowest BCUT2D eigenvalue weighted by molar-refractivity contribution is -0.135. The summed E-state index contributed by atoms with van der Waals surface area (Å²) in [4.78, 5) is 23.5. The van der Waals surface area contributed by atoms with Gasteiger partial charge in [-0.25, -0.2) is 9.97 Å². The number of hydrogen-bond donors (Lipinski definition) is 0. The number of ether oxygens (including phenoxy) is 1. The zero-order valence-corrected chi connectivity index (χ0v) is 12.3. The van der Waals surface area contributed by atoms with Crippen molar-refractivity contribution in [2.75, 3.05) is 26.3 Å². The Morgan fingerprint density at radius 1 is 1.19 bits per heavy atom. The van der Waals surface area contributed by atoms with Crippen LogP contribution in [0.4, 0.5) is 0 Å². The molecule has 3 heterocycles. The first-order valence-electron chi connectivity index (χ1n) is 8.02. The van der Waals surface area contributed by atoms with Crippen molar-refractivity contribution in [3.63, 3.8) is 0 Å². The quantitative estimate of drug-likeness (QED) is 0.823. The maximum atomic E-state index is 12.5. The Balaban J connectivity index is 1.51. The van der Waals surface area contributed by atoms with Crippen LogP contribution in [0.2, 0.25) is 0 Å². The number of amides is 1. The van der Waals surface area contributed by atoms with Crippen molar-refractivity contribution in [3.05, 3.63) is 23.3 Å². The number of nitrogens with zero attached hydrogens (tertiary/aromatic N) is 3. The molecule has 21 heavy (non-hydrogen) atoms. The number of carbonyl (C=O) groups excluding carboxylic acids is 1. The van der Waals surface area contributed by atoms with Gasteiger partial charge >= 0.3 is 0 Å². The van der Waals surface area contributed by atoms with Gasteiger partial charge < -0.3 is 9.64 Å². The van der Waals surface area contributed by atoms with E-state index >= 15 is 0 Å². The Kier molecular flexibility index (Phi) is 3.37. The third-order valence-corrected chi connectivity index (χ3v) is 4.87. The second kappa shape index (κ2) is 5.37. The van der Waals surface area contributed by atoms with E-state index in [4.69, 9.17) is 4.74 Å². The lowest BCUT2D eigenvalue weighted by Gasteiger charge is -2.23. The molecule has 1 aromatic heterocycles. The van der Waals surface area contributed by atoms with Gasteiger partial charge in [-0.05, 0) is 31.2 Å². The van der Waals surface area contributed by atoms with Crippen LogP contribution in [0, 0.1) is 5.92 Å². The first kappa shape index (κ1) is 13.2. The van der Waals surface area contributed by atoms with Gasteiger partial charge in [0.25, 0.3) is 0 Å². The molecule has 2 fully saturated rings. The molecule has 1 aromatic rings. The Hall–Kier alpha value is -1.49. The molecule has 1 atom stereocenters. The standard InChI is InChI=1S/C16H21N3O2/c20-16(12-5-8-21-9-12)19-6-3-13-14(4-7-19)17-10-18-15(13)11-1-2-11/h10-12H,1-9H2. The molecule has 1 amide bonds. The Labute approximate surface area is 124 Å². The van der Waals surface area contributed by atoms with Crippen LogP contribution in [0.15, 0.2) is 6.33 Å². The van der Waals surface area contributed by atoms with Crippen molar-refractivity contribution in [2.24, 2.45) is 5.92 Å². The highest BCUT2D eigenvalue weighted by molar-refractivity contribution is 5.79. The highest BCUT2D eigenvalue weighted by atomic mass is 16.5. The summed E-state index contributed by atoms with van der Waals surface area (Å²) in [5, 5.41) is 0. The van der Waals surface area contributed by atoms with E-state index in [1.807, 2.05) is 4.90 Å². The van der Waals surface area contributed by atoms with E-state index in [9.17, 15) is 4.79 Å². The Morgan fingerprint density at radius 3 is 2.81 bits per heavy atom. The fourth-order valence-corrected chi connectivity index (χ4v) is 3.47. The Morgan fingerprint density at radius 2 is 2.05 bits per heavy atom. The zero-order valence-electron chi connectivity index (χ0n) is 12.3. The monoisotopic (exact) mass is 287 g/mol. The first-order chi connectivity index (χ1) is 10.3. The van der Waals surface area contributed by atoms with Crippen LogP contribution in [0.5, 0.6) is 0 Å². The minimum atomic E-state index is 0.0696. The molecular weight excluding hydrogens is 266 g/mol. The van der Waals surface area contributed by atoms with Gasteiger partial charge in [-0.3, -0.25) is 4.79 Å². The zero-order chi connectivity index (χ0) is 14.2. The lowest BCUT2D eigenvalue weighted by Crippen LogP contribution is -2.38. The number of fused-ring (bicyclic) bond motifs is 1. The van der Waals surface area contributed by atoms with Crippen molar-refractivity contribution >= 4 is 5.91 Å². The second-order valence-electron chi connectivity index (χ2n) is 6.34. The number of rotatable bonds is 2. The van der Waals surface area contributed by atoms with Crippen molar-refractivity contribution in [2.45, 2.75) is 38.0 Å². The summed E-state index contributed by atoms with van der Waals surface area (Å²) < 4.78 is 5.35. The molecule has 1 saturated carbocycles. The molecule has 1 aliphatic carbocycles. The van der Waals surface area contributed by atoms with Gasteiger partial charge in [-0.2, -0.15) is 0 Å². The van der Waals surface area contributed by atoms with Gasteiger partial charge in [0, 0.05) is 37.7 Å².